The minimum absolute atomic E-state index is 0.353. The van der Waals surface area contributed by atoms with Gasteiger partial charge in [0.15, 0.2) is 0 Å². The molecule has 4 nitrogen and oxygen atoms in total. The summed E-state index contributed by atoms with van der Waals surface area (Å²) < 4.78 is 10.2. The van der Waals surface area contributed by atoms with Gasteiger partial charge >= 0.3 is 5.97 Å². The Labute approximate surface area is 88.0 Å². The minimum atomic E-state index is -0.371. The zero-order valence-corrected chi connectivity index (χ0v) is 8.58. The summed E-state index contributed by atoms with van der Waals surface area (Å²) >= 11 is 0. The van der Waals surface area contributed by atoms with E-state index in [0.29, 0.717) is 31.1 Å². The maximum Gasteiger partial charge on any atom is 0.340 e. The van der Waals surface area contributed by atoms with Crippen LogP contribution in [0.1, 0.15) is 28.4 Å². The number of benzene rings is 1. The molecule has 0 amide bonds. The molecule has 1 aromatic carbocycles. The van der Waals surface area contributed by atoms with Gasteiger partial charge in [0.2, 0.25) is 0 Å². The van der Waals surface area contributed by atoms with E-state index in [1.54, 1.807) is 19.1 Å². The third-order valence-electron chi connectivity index (χ3n) is 2.38. The van der Waals surface area contributed by atoms with Crippen molar-refractivity contribution >= 4 is 11.7 Å². The van der Waals surface area contributed by atoms with Gasteiger partial charge in [-0.25, -0.2) is 4.79 Å². The first-order chi connectivity index (χ1) is 7.22. The lowest BCUT2D eigenvalue weighted by Crippen LogP contribution is -2.09. The number of carbonyl (C=O) groups excluding carboxylic acids is 1. The van der Waals surface area contributed by atoms with Crippen molar-refractivity contribution in [2.75, 3.05) is 12.3 Å². The molecule has 2 N–H and O–H groups in total. The summed E-state index contributed by atoms with van der Waals surface area (Å²) in [6.07, 6.45) is 0. The van der Waals surface area contributed by atoms with Crippen LogP contribution in [0.3, 0.4) is 0 Å². The number of nitrogen functional groups attached to an aromatic ring is 1. The number of rotatable bonds is 2. The van der Waals surface area contributed by atoms with E-state index in [4.69, 9.17) is 15.2 Å². The van der Waals surface area contributed by atoms with Crippen LogP contribution >= 0.6 is 0 Å². The van der Waals surface area contributed by atoms with Crippen LogP contribution < -0.4 is 5.73 Å². The van der Waals surface area contributed by atoms with Crippen LogP contribution in [0, 0.1) is 0 Å². The Bertz CT molecular complexity index is 401. The number of ether oxygens (including phenoxy) is 2. The topological polar surface area (TPSA) is 61.5 Å². The fourth-order valence-corrected chi connectivity index (χ4v) is 1.63. The van der Waals surface area contributed by atoms with Crippen molar-refractivity contribution in [1.29, 1.82) is 0 Å². The van der Waals surface area contributed by atoms with Gasteiger partial charge < -0.3 is 15.2 Å². The maximum atomic E-state index is 11.5. The second-order valence-corrected chi connectivity index (χ2v) is 3.42. The molecule has 1 aromatic rings. The molecule has 2 rings (SSSR count). The highest BCUT2D eigenvalue weighted by Gasteiger charge is 2.18. The number of nitrogens with two attached hydrogens (primary N) is 1. The first-order valence-corrected chi connectivity index (χ1v) is 4.88. The van der Waals surface area contributed by atoms with Gasteiger partial charge in [-0.1, -0.05) is 0 Å². The molecular weight excluding hydrogens is 194 g/mol. The summed E-state index contributed by atoms with van der Waals surface area (Å²) in [5.74, 6) is -0.371. The Morgan fingerprint density at radius 1 is 1.47 bits per heavy atom. The number of anilines is 1. The third-order valence-corrected chi connectivity index (χ3v) is 2.38. The molecule has 80 valence electrons. The van der Waals surface area contributed by atoms with Crippen molar-refractivity contribution in [3.63, 3.8) is 0 Å². The van der Waals surface area contributed by atoms with E-state index in [9.17, 15) is 4.79 Å². The molecule has 0 spiro atoms. The molecule has 0 saturated heterocycles. The molecule has 0 aliphatic carbocycles. The molecule has 1 aliphatic heterocycles. The van der Waals surface area contributed by atoms with E-state index in [1.807, 2.05) is 0 Å². The summed E-state index contributed by atoms with van der Waals surface area (Å²) in [4.78, 5) is 11.5. The lowest BCUT2D eigenvalue weighted by molar-refractivity contribution is 0.0527. The average Bonchev–Trinajstić information content (AvgIpc) is 2.63. The molecule has 0 fully saturated rings. The van der Waals surface area contributed by atoms with Crippen molar-refractivity contribution in [3.8, 4) is 0 Å². The van der Waals surface area contributed by atoms with Crippen LogP contribution in [0.5, 0.6) is 0 Å². The Morgan fingerprint density at radius 3 is 2.80 bits per heavy atom. The lowest BCUT2D eigenvalue weighted by atomic mass is 10.0. The predicted octanol–water partition coefficient (Wildman–Crippen LogP) is 1.48. The second kappa shape index (κ2) is 3.90. The summed E-state index contributed by atoms with van der Waals surface area (Å²) in [7, 11) is 0. The number of esters is 1. The van der Waals surface area contributed by atoms with Crippen LogP contribution in [-0.2, 0) is 22.7 Å². The van der Waals surface area contributed by atoms with Crippen LogP contribution in [0.4, 0.5) is 5.69 Å². The Morgan fingerprint density at radius 2 is 2.13 bits per heavy atom. The first-order valence-electron chi connectivity index (χ1n) is 4.88. The van der Waals surface area contributed by atoms with Gasteiger partial charge in [-0.2, -0.15) is 0 Å². The molecule has 0 radical (unpaired) electrons. The fraction of sp³-hybridized carbons (Fsp3) is 0.364. The average molecular weight is 207 g/mol. The van der Waals surface area contributed by atoms with Gasteiger partial charge in [0.05, 0.1) is 25.4 Å². The number of fused-ring (bicyclic) bond motifs is 1. The van der Waals surface area contributed by atoms with Gasteiger partial charge in [-0.3, -0.25) is 0 Å². The van der Waals surface area contributed by atoms with E-state index in [0.717, 1.165) is 11.1 Å². The molecule has 0 unspecified atom stereocenters. The molecule has 0 saturated carbocycles. The summed E-state index contributed by atoms with van der Waals surface area (Å²) in [6.45, 7) is 3.24. The summed E-state index contributed by atoms with van der Waals surface area (Å²) in [5.41, 5.74) is 8.73. The van der Waals surface area contributed by atoms with Gasteiger partial charge in [0, 0.05) is 5.69 Å². The lowest BCUT2D eigenvalue weighted by Gasteiger charge is -2.07. The smallest absolute Gasteiger partial charge is 0.340 e. The van der Waals surface area contributed by atoms with E-state index >= 15 is 0 Å². The standard InChI is InChI=1S/C11H13NO3/c1-2-15-11(13)9-3-7-5-14-6-8(7)4-10(9)12/h3-4H,2,5-6,12H2,1H3. The van der Waals surface area contributed by atoms with E-state index < -0.39 is 0 Å². The quantitative estimate of drug-likeness (QED) is 0.589. The molecule has 4 heteroatoms. The highest BCUT2D eigenvalue weighted by molar-refractivity contribution is 5.95. The Hall–Kier alpha value is -1.55. The number of carbonyl (C=O) groups is 1. The Kier molecular flexibility index (Phi) is 2.60. The SMILES string of the molecule is CCOC(=O)c1cc2c(cc1N)COC2. The predicted molar refractivity (Wildman–Crippen MR) is 55.3 cm³/mol. The Balaban J connectivity index is 2.36. The highest BCUT2D eigenvalue weighted by atomic mass is 16.5. The van der Waals surface area contributed by atoms with Gasteiger partial charge in [-0.15, -0.1) is 0 Å². The van der Waals surface area contributed by atoms with Crippen molar-refractivity contribution < 1.29 is 14.3 Å². The first kappa shape index (κ1) is 9.98. The monoisotopic (exact) mass is 207 g/mol. The van der Waals surface area contributed by atoms with Gasteiger partial charge in [-0.05, 0) is 30.2 Å². The molecule has 0 atom stereocenters. The van der Waals surface area contributed by atoms with Crippen LogP contribution in [0.15, 0.2) is 12.1 Å². The fourth-order valence-electron chi connectivity index (χ4n) is 1.63. The second-order valence-electron chi connectivity index (χ2n) is 3.42. The largest absolute Gasteiger partial charge is 0.462 e. The molecular formula is C11H13NO3. The van der Waals surface area contributed by atoms with Gasteiger partial charge in [0.1, 0.15) is 0 Å². The molecule has 0 bridgehead atoms. The van der Waals surface area contributed by atoms with Crippen molar-refractivity contribution in [1.82, 2.24) is 0 Å². The molecule has 1 aliphatic rings. The highest BCUT2D eigenvalue weighted by Crippen LogP contribution is 2.25. The number of hydrogen-bond donors (Lipinski definition) is 1. The maximum absolute atomic E-state index is 11.5. The molecule has 0 aromatic heterocycles. The van der Waals surface area contributed by atoms with Crippen LogP contribution in [-0.4, -0.2) is 12.6 Å². The van der Waals surface area contributed by atoms with Crippen LogP contribution in [0.25, 0.3) is 0 Å². The summed E-state index contributed by atoms with van der Waals surface area (Å²) in [6, 6.07) is 3.55. The molecule has 1 heterocycles. The zero-order chi connectivity index (χ0) is 10.8. The van der Waals surface area contributed by atoms with Crippen LogP contribution in [0.2, 0.25) is 0 Å². The van der Waals surface area contributed by atoms with Crippen molar-refractivity contribution in [2.24, 2.45) is 0 Å². The van der Waals surface area contributed by atoms with Gasteiger partial charge in [0.25, 0.3) is 0 Å². The van der Waals surface area contributed by atoms with Crippen molar-refractivity contribution in [3.05, 3.63) is 28.8 Å². The van der Waals surface area contributed by atoms with E-state index in [2.05, 4.69) is 0 Å². The number of hydrogen-bond acceptors (Lipinski definition) is 4. The third kappa shape index (κ3) is 1.80. The minimum Gasteiger partial charge on any atom is -0.462 e. The van der Waals surface area contributed by atoms with E-state index in [1.165, 1.54) is 0 Å². The normalized spacial score (nSPS) is 13.7. The van der Waals surface area contributed by atoms with E-state index in [-0.39, 0.29) is 5.97 Å². The van der Waals surface area contributed by atoms with Crippen molar-refractivity contribution in [2.45, 2.75) is 20.1 Å². The summed E-state index contributed by atoms with van der Waals surface area (Å²) in [5, 5.41) is 0. The zero-order valence-electron chi connectivity index (χ0n) is 8.58. The molecule has 15 heavy (non-hydrogen) atoms.